The molecule has 80 valence electrons. The van der Waals surface area contributed by atoms with E-state index < -0.39 is 0 Å². The quantitative estimate of drug-likeness (QED) is 0.749. The van der Waals surface area contributed by atoms with Gasteiger partial charge in [0.2, 0.25) is 5.88 Å². The number of methoxy groups -OCH3 is 1. The third-order valence-corrected chi connectivity index (χ3v) is 2.33. The first-order valence-electron chi connectivity index (χ1n) is 4.05. The number of rotatable bonds is 1. The number of carbonyl (C=O) groups excluding carboxylic acids is 1. The van der Waals surface area contributed by atoms with Crippen LogP contribution >= 0.6 is 15.9 Å². The fourth-order valence-electron chi connectivity index (χ4n) is 1.18. The molecule has 16 heavy (non-hydrogen) atoms. The van der Waals surface area contributed by atoms with Crippen LogP contribution in [0.1, 0.15) is 0 Å². The molecule has 0 atom stereocenters. The Kier molecular flexibility index (Phi) is 7.49. The van der Waals surface area contributed by atoms with Gasteiger partial charge in [-0.1, -0.05) is 0 Å². The van der Waals surface area contributed by atoms with E-state index in [1.165, 1.54) is 0 Å². The van der Waals surface area contributed by atoms with Crippen LogP contribution in [-0.4, -0.2) is 53.4 Å². The first kappa shape index (κ1) is 15.5. The average Bonchev–Trinajstić information content (AvgIpc) is 2.33. The van der Waals surface area contributed by atoms with E-state index >= 15 is 0 Å². The molecule has 0 fully saturated rings. The van der Waals surface area contributed by atoms with Crippen molar-refractivity contribution in [1.82, 2.24) is 9.97 Å². The molecule has 0 aliphatic rings. The van der Waals surface area contributed by atoms with Gasteiger partial charge in [-0.25, -0.2) is 4.98 Å². The molecular formula is C10H10BrN2NaO2. The van der Waals surface area contributed by atoms with Crippen LogP contribution in [0.15, 0.2) is 29.0 Å². The summed E-state index contributed by atoms with van der Waals surface area (Å²) >= 11 is 3.38. The van der Waals surface area contributed by atoms with Crippen molar-refractivity contribution in [3.05, 3.63) is 29.0 Å². The van der Waals surface area contributed by atoms with E-state index in [0.717, 1.165) is 15.4 Å². The summed E-state index contributed by atoms with van der Waals surface area (Å²) < 4.78 is 5.99. The van der Waals surface area contributed by atoms with Gasteiger partial charge in [-0.3, -0.25) is 4.98 Å². The van der Waals surface area contributed by atoms with Crippen LogP contribution in [0.3, 0.4) is 0 Å². The SMILES string of the molecule is C=O.COc1ncc(Br)c2ncccc12.[NaH]. The van der Waals surface area contributed by atoms with Crippen molar-refractivity contribution in [2.45, 2.75) is 0 Å². The predicted molar refractivity (Wildman–Crippen MR) is 68.1 cm³/mol. The summed E-state index contributed by atoms with van der Waals surface area (Å²) in [5, 5.41) is 0.916. The Morgan fingerprint density at radius 1 is 1.38 bits per heavy atom. The Hall–Kier alpha value is -0.490. The van der Waals surface area contributed by atoms with Crippen LogP contribution < -0.4 is 4.74 Å². The van der Waals surface area contributed by atoms with E-state index in [2.05, 4.69) is 25.9 Å². The van der Waals surface area contributed by atoms with Gasteiger partial charge < -0.3 is 9.53 Å². The van der Waals surface area contributed by atoms with Gasteiger partial charge in [0, 0.05) is 12.4 Å². The zero-order valence-electron chi connectivity index (χ0n) is 8.11. The summed E-state index contributed by atoms with van der Waals surface area (Å²) in [6.45, 7) is 2.00. The standard InChI is InChI=1S/C9H7BrN2O.CH2O.Na.H/c1-13-9-6-3-2-4-11-8(6)7(10)5-12-9;1-2;;/h2-5H,1H3;1H2;;. The number of hydrogen-bond acceptors (Lipinski definition) is 4. The third kappa shape index (κ3) is 3.25. The monoisotopic (exact) mass is 292 g/mol. The normalized spacial score (nSPS) is 8.62. The number of ether oxygens (including phenoxy) is 1. The van der Waals surface area contributed by atoms with Gasteiger partial charge in [-0.15, -0.1) is 0 Å². The number of pyridine rings is 2. The Morgan fingerprint density at radius 2 is 2.06 bits per heavy atom. The second-order valence-corrected chi connectivity index (χ2v) is 3.37. The van der Waals surface area contributed by atoms with Crippen LogP contribution in [-0.2, 0) is 4.79 Å². The maximum atomic E-state index is 8.00. The summed E-state index contributed by atoms with van der Waals surface area (Å²) in [5.41, 5.74) is 0.870. The summed E-state index contributed by atoms with van der Waals surface area (Å²) in [6.07, 6.45) is 3.43. The molecular weight excluding hydrogens is 283 g/mol. The molecule has 0 N–H and O–H groups in total. The average molecular weight is 293 g/mol. The molecule has 0 spiro atoms. The van der Waals surface area contributed by atoms with E-state index in [1.54, 1.807) is 19.5 Å². The van der Waals surface area contributed by atoms with Crippen molar-refractivity contribution in [2.24, 2.45) is 0 Å². The first-order valence-corrected chi connectivity index (χ1v) is 4.84. The van der Waals surface area contributed by atoms with Gasteiger partial charge >= 0.3 is 29.6 Å². The minimum absolute atomic E-state index is 0. The van der Waals surface area contributed by atoms with E-state index in [0.29, 0.717) is 5.88 Å². The summed E-state index contributed by atoms with van der Waals surface area (Å²) in [5.74, 6) is 0.603. The number of fused-ring (bicyclic) bond motifs is 1. The Labute approximate surface area is 124 Å². The Morgan fingerprint density at radius 3 is 2.69 bits per heavy atom. The molecule has 0 radical (unpaired) electrons. The van der Waals surface area contributed by atoms with Gasteiger partial charge in [0.15, 0.2) is 0 Å². The molecule has 0 aliphatic carbocycles. The van der Waals surface area contributed by atoms with Crippen molar-refractivity contribution in [2.75, 3.05) is 7.11 Å². The molecule has 4 nitrogen and oxygen atoms in total. The molecule has 2 rings (SSSR count). The first-order chi connectivity index (χ1) is 7.33. The van der Waals surface area contributed by atoms with Crippen LogP contribution in [0.25, 0.3) is 10.9 Å². The number of carbonyl (C=O) groups is 1. The molecule has 0 saturated heterocycles. The van der Waals surface area contributed by atoms with Crippen LogP contribution in [0, 0.1) is 0 Å². The maximum absolute atomic E-state index is 8.00. The van der Waals surface area contributed by atoms with Crippen molar-refractivity contribution in [3.63, 3.8) is 0 Å². The molecule has 2 aromatic heterocycles. The van der Waals surface area contributed by atoms with E-state index in [4.69, 9.17) is 9.53 Å². The molecule has 0 amide bonds. The minimum atomic E-state index is 0. The molecule has 2 aromatic rings. The van der Waals surface area contributed by atoms with Gasteiger partial charge in [0.05, 0.1) is 22.5 Å². The number of aromatic nitrogens is 2. The molecule has 0 unspecified atom stereocenters. The number of nitrogens with zero attached hydrogens (tertiary/aromatic N) is 2. The molecule has 6 heteroatoms. The second kappa shape index (κ2) is 7.73. The van der Waals surface area contributed by atoms with E-state index in [-0.39, 0.29) is 29.6 Å². The summed E-state index contributed by atoms with van der Waals surface area (Å²) in [6, 6.07) is 3.79. The molecule has 2 heterocycles. The Bertz CT molecular complexity index is 468. The van der Waals surface area contributed by atoms with Crippen molar-refractivity contribution in [3.8, 4) is 5.88 Å². The fourth-order valence-corrected chi connectivity index (χ4v) is 1.60. The van der Waals surface area contributed by atoms with Gasteiger partial charge in [0.1, 0.15) is 6.79 Å². The summed E-state index contributed by atoms with van der Waals surface area (Å²) in [4.78, 5) is 16.3. The van der Waals surface area contributed by atoms with Crippen molar-refractivity contribution in [1.29, 1.82) is 0 Å². The zero-order valence-corrected chi connectivity index (χ0v) is 9.69. The Balaban J connectivity index is 0.000000711. The topological polar surface area (TPSA) is 52.1 Å². The van der Waals surface area contributed by atoms with Crippen LogP contribution in [0.2, 0.25) is 0 Å². The molecule has 0 saturated carbocycles. The van der Waals surface area contributed by atoms with Crippen LogP contribution in [0.4, 0.5) is 0 Å². The summed E-state index contributed by atoms with van der Waals surface area (Å²) in [7, 11) is 1.60. The fraction of sp³-hybridized carbons (Fsp3) is 0.100. The van der Waals surface area contributed by atoms with E-state index in [9.17, 15) is 0 Å². The predicted octanol–water partition coefficient (Wildman–Crippen LogP) is 1.57. The second-order valence-electron chi connectivity index (χ2n) is 2.51. The molecule has 0 aliphatic heterocycles. The molecule has 0 bridgehead atoms. The van der Waals surface area contributed by atoms with Gasteiger partial charge in [0.25, 0.3) is 0 Å². The zero-order chi connectivity index (χ0) is 11.3. The third-order valence-electron chi connectivity index (χ3n) is 1.75. The van der Waals surface area contributed by atoms with Gasteiger partial charge in [-0.05, 0) is 28.1 Å². The van der Waals surface area contributed by atoms with E-state index in [1.807, 2.05) is 18.9 Å². The molecule has 0 aromatic carbocycles. The van der Waals surface area contributed by atoms with Crippen molar-refractivity contribution < 1.29 is 9.53 Å². The number of hydrogen-bond donors (Lipinski definition) is 0. The van der Waals surface area contributed by atoms with Crippen LogP contribution in [0.5, 0.6) is 5.88 Å². The van der Waals surface area contributed by atoms with Gasteiger partial charge in [-0.2, -0.15) is 0 Å². The van der Waals surface area contributed by atoms with Crippen molar-refractivity contribution >= 4 is 63.2 Å². The number of halogens is 1.